The molecule has 24 heavy (non-hydrogen) atoms. The van der Waals surface area contributed by atoms with Gasteiger partial charge in [-0.25, -0.2) is 9.78 Å². The normalized spacial score (nSPS) is 10.2. The molecule has 120 valence electrons. The Morgan fingerprint density at radius 3 is 2.33 bits per heavy atom. The van der Waals surface area contributed by atoms with E-state index in [1.54, 1.807) is 30.3 Å². The number of ether oxygens (including phenoxy) is 2. The fourth-order valence-electron chi connectivity index (χ4n) is 2.07. The second kappa shape index (κ2) is 7.28. The molecule has 0 fully saturated rings. The Bertz CT molecular complexity index is 816. The molecule has 5 heteroatoms. The molecule has 0 aliphatic carbocycles. The number of nitrogens with zero attached hydrogens (tertiary/aromatic N) is 1. The van der Waals surface area contributed by atoms with Crippen LogP contribution < -0.4 is 9.47 Å². The smallest absolute Gasteiger partial charge is 0.354 e. The van der Waals surface area contributed by atoms with E-state index >= 15 is 0 Å². The molecule has 0 saturated carbocycles. The highest BCUT2D eigenvalue weighted by Crippen LogP contribution is 2.24. The molecule has 1 aromatic heterocycles. The summed E-state index contributed by atoms with van der Waals surface area (Å²) < 4.78 is 11.3. The van der Waals surface area contributed by atoms with Crippen LogP contribution in [0.1, 0.15) is 16.1 Å². The van der Waals surface area contributed by atoms with Gasteiger partial charge in [0.15, 0.2) is 5.69 Å². The third-order valence-electron chi connectivity index (χ3n) is 3.26. The van der Waals surface area contributed by atoms with E-state index in [4.69, 9.17) is 14.6 Å². The Labute approximate surface area is 139 Å². The molecule has 5 nitrogen and oxygen atoms in total. The SMILES string of the molecule is O=C(O)c1cc(Oc2ccc(OCc3ccccc3)cc2)ccn1. The lowest BCUT2D eigenvalue weighted by molar-refractivity contribution is 0.0690. The average molecular weight is 321 g/mol. The minimum absolute atomic E-state index is 0.0599. The summed E-state index contributed by atoms with van der Waals surface area (Å²) in [5.41, 5.74) is 1.03. The fraction of sp³-hybridized carbons (Fsp3) is 0.0526. The zero-order chi connectivity index (χ0) is 16.8. The summed E-state index contributed by atoms with van der Waals surface area (Å²) in [6.07, 6.45) is 1.40. The maximum atomic E-state index is 10.9. The van der Waals surface area contributed by atoms with Gasteiger partial charge in [-0.15, -0.1) is 0 Å². The molecule has 1 heterocycles. The van der Waals surface area contributed by atoms with Gasteiger partial charge in [0.05, 0.1) is 0 Å². The fourth-order valence-corrected chi connectivity index (χ4v) is 2.07. The minimum atomic E-state index is -1.09. The lowest BCUT2D eigenvalue weighted by atomic mass is 10.2. The predicted molar refractivity (Wildman–Crippen MR) is 88.5 cm³/mol. The molecule has 3 rings (SSSR count). The van der Waals surface area contributed by atoms with Gasteiger partial charge in [-0.2, -0.15) is 0 Å². The van der Waals surface area contributed by atoms with E-state index < -0.39 is 5.97 Å². The third kappa shape index (κ3) is 4.10. The first-order valence-corrected chi connectivity index (χ1v) is 7.35. The number of aromatic nitrogens is 1. The summed E-state index contributed by atoms with van der Waals surface area (Å²) >= 11 is 0. The molecule has 0 radical (unpaired) electrons. The van der Waals surface area contributed by atoms with Gasteiger partial charge >= 0.3 is 5.97 Å². The largest absolute Gasteiger partial charge is 0.489 e. The molecule has 3 aromatic rings. The van der Waals surface area contributed by atoms with Gasteiger partial charge in [-0.05, 0) is 35.9 Å². The molecular weight excluding hydrogens is 306 g/mol. The maximum Gasteiger partial charge on any atom is 0.354 e. The van der Waals surface area contributed by atoms with Crippen LogP contribution in [0.2, 0.25) is 0 Å². The van der Waals surface area contributed by atoms with E-state index in [2.05, 4.69) is 4.98 Å². The summed E-state index contributed by atoms with van der Waals surface area (Å²) in [7, 11) is 0. The zero-order valence-corrected chi connectivity index (χ0v) is 12.8. The number of carboxylic acids is 1. The highest BCUT2D eigenvalue weighted by atomic mass is 16.5. The van der Waals surface area contributed by atoms with Crippen LogP contribution in [0, 0.1) is 0 Å². The Hall–Kier alpha value is -3.34. The van der Waals surface area contributed by atoms with Crippen molar-refractivity contribution in [2.45, 2.75) is 6.61 Å². The summed E-state index contributed by atoms with van der Waals surface area (Å²) in [4.78, 5) is 14.7. The van der Waals surface area contributed by atoms with E-state index in [9.17, 15) is 4.79 Å². The predicted octanol–water partition coefficient (Wildman–Crippen LogP) is 4.15. The molecule has 0 spiro atoms. The highest BCUT2D eigenvalue weighted by Gasteiger charge is 2.06. The third-order valence-corrected chi connectivity index (χ3v) is 3.26. The van der Waals surface area contributed by atoms with Gasteiger partial charge in [0.25, 0.3) is 0 Å². The topological polar surface area (TPSA) is 68.7 Å². The van der Waals surface area contributed by atoms with Crippen molar-refractivity contribution in [2.75, 3.05) is 0 Å². The average Bonchev–Trinajstić information content (AvgIpc) is 2.62. The van der Waals surface area contributed by atoms with E-state index in [0.29, 0.717) is 18.1 Å². The molecule has 0 saturated heterocycles. The number of carboxylic acid groups (broad SMARTS) is 1. The number of aromatic carboxylic acids is 1. The van der Waals surface area contributed by atoms with E-state index in [1.807, 2.05) is 30.3 Å². The second-order valence-corrected chi connectivity index (χ2v) is 5.03. The van der Waals surface area contributed by atoms with Gasteiger partial charge in [0.1, 0.15) is 23.9 Å². The number of carbonyl (C=O) groups is 1. The maximum absolute atomic E-state index is 10.9. The Morgan fingerprint density at radius 2 is 1.62 bits per heavy atom. The van der Waals surface area contributed by atoms with Gasteiger partial charge in [0, 0.05) is 12.3 Å². The lowest BCUT2D eigenvalue weighted by Gasteiger charge is -2.09. The Morgan fingerprint density at radius 1 is 0.917 bits per heavy atom. The second-order valence-electron chi connectivity index (χ2n) is 5.03. The van der Waals surface area contributed by atoms with Crippen molar-refractivity contribution in [3.63, 3.8) is 0 Å². The lowest BCUT2D eigenvalue weighted by Crippen LogP contribution is -1.99. The monoisotopic (exact) mass is 321 g/mol. The molecule has 0 atom stereocenters. The van der Waals surface area contributed by atoms with Crippen LogP contribution >= 0.6 is 0 Å². The Kier molecular flexibility index (Phi) is 4.72. The summed E-state index contributed by atoms with van der Waals surface area (Å²) in [5.74, 6) is 0.641. The standard InChI is InChI=1S/C19H15NO4/c21-19(22)18-12-17(10-11-20-18)24-16-8-6-15(7-9-16)23-13-14-4-2-1-3-5-14/h1-12H,13H2,(H,21,22). The molecule has 2 aromatic carbocycles. The van der Waals surface area contributed by atoms with Gasteiger partial charge < -0.3 is 14.6 Å². The van der Waals surface area contributed by atoms with Crippen LogP contribution in [-0.2, 0) is 6.61 Å². The molecular formula is C19H15NO4. The van der Waals surface area contributed by atoms with Gasteiger partial charge in [0.2, 0.25) is 0 Å². The van der Waals surface area contributed by atoms with Crippen molar-refractivity contribution in [1.29, 1.82) is 0 Å². The highest BCUT2D eigenvalue weighted by molar-refractivity contribution is 5.85. The molecule has 0 aliphatic rings. The van der Waals surface area contributed by atoms with E-state index in [-0.39, 0.29) is 5.69 Å². The van der Waals surface area contributed by atoms with Gasteiger partial charge in [-0.3, -0.25) is 0 Å². The summed E-state index contributed by atoms with van der Waals surface area (Å²) in [6, 6.07) is 20.0. The number of rotatable bonds is 6. The number of benzene rings is 2. The van der Waals surface area contributed by atoms with Crippen molar-refractivity contribution < 1.29 is 19.4 Å². The van der Waals surface area contributed by atoms with Crippen molar-refractivity contribution in [3.8, 4) is 17.2 Å². The van der Waals surface area contributed by atoms with Crippen molar-refractivity contribution in [2.24, 2.45) is 0 Å². The molecule has 1 N–H and O–H groups in total. The van der Waals surface area contributed by atoms with Crippen molar-refractivity contribution in [1.82, 2.24) is 4.98 Å². The first kappa shape index (κ1) is 15.6. The van der Waals surface area contributed by atoms with E-state index in [1.165, 1.54) is 12.3 Å². The van der Waals surface area contributed by atoms with Crippen LogP contribution in [0.3, 0.4) is 0 Å². The number of pyridine rings is 1. The zero-order valence-electron chi connectivity index (χ0n) is 12.8. The quantitative estimate of drug-likeness (QED) is 0.738. The number of hydrogen-bond donors (Lipinski definition) is 1. The van der Waals surface area contributed by atoms with Gasteiger partial charge in [-0.1, -0.05) is 30.3 Å². The van der Waals surface area contributed by atoms with Crippen LogP contribution in [0.5, 0.6) is 17.2 Å². The first-order chi connectivity index (χ1) is 11.7. The first-order valence-electron chi connectivity index (χ1n) is 7.35. The summed E-state index contributed by atoms with van der Waals surface area (Å²) in [6.45, 7) is 0.493. The van der Waals surface area contributed by atoms with Crippen molar-refractivity contribution in [3.05, 3.63) is 84.2 Å². The van der Waals surface area contributed by atoms with Crippen molar-refractivity contribution >= 4 is 5.97 Å². The molecule has 0 unspecified atom stereocenters. The molecule has 0 bridgehead atoms. The van der Waals surface area contributed by atoms with Crippen LogP contribution in [-0.4, -0.2) is 16.1 Å². The minimum Gasteiger partial charge on any atom is -0.489 e. The Balaban J connectivity index is 1.62. The van der Waals surface area contributed by atoms with Crippen LogP contribution in [0.4, 0.5) is 0 Å². The summed E-state index contributed by atoms with van der Waals surface area (Å²) in [5, 5.41) is 8.93. The van der Waals surface area contributed by atoms with Crippen LogP contribution in [0.15, 0.2) is 72.9 Å². The van der Waals surface area contributed by atoms with Crippen LogP contribution in [0.25, 0.3) is 0 Å². The molecule has 0 amide bonds. The number of hydrogen-bond acceptors (Lipinski definition) is 4. The van der Waals surface area contributed by atoms with E-state index in [0.717, 1.165) is 11.3 Å². The molecule has 0 aliphatic heterocycles.